The molecule has 0 aliphatic heterocycles. The van der Waals surface area contributed by atoms with E-state index in [0.717, 1.165) is 23.7 Å². The first-order valence-corrected chi connectivity index (χ1v) is 22.6. The number of rotatable bonds is 4. The predicted molar refractivity (Wildman–Crippen MR) is 238 cm³/mol. The quantitative estimate of drug-likeness (QED) is 0.177. The first-order chi connectivity index (χ1) is 27.2. The molecule has 4 fully saturated rings. The Labute approximate surface area is 342 Å². The van der Waals surface area contributed by atoms with Gasteiger partial charge in [0.25, 0.3) is 0 Å². The van der Waals surface area contributed by atoms with Crippen LogP contribution in [0.2, 0.25) is 0 Å². The van der Waals surface area contributed by atoms with Crippen molar-refractivity contribution in [3.8, 4) is 22.3 Å². The van der Waals surface area contributed by atoms with E-state index in [9.17, 15) is 0 Å². The Morgan fingerprint density at radius 2 is 1.05 bits per heavy atom. The van der Waals surface area contributed by atoms with E-state index in [-0.39, 0.29) is 27.1 Å². The third-order valence-corrected chi connectivity index (χ3v) is 18.3. The molecule has 57 heavy (non-hydrogen) atoms. The highest BCUT2D eigenvalue weighted by Gasteiger charge is 2.84. The molecule has 0 radical (unpaired) electrons. The third kappa shape index (κ3) is 4.27. The highest BCUT2D eigenvalue weighted by Crippen LogP contribution is 2.89. The van der Waals surface area contributed by atoms with Crippen LogP contribution in [0.4, 0.5) is 17.1 Å². The van der Waals surface area contributed by atoms with Gasteiger partial charge in [-0.15, -0.1) is 0 Å². The maximum atomic E-state index is 2.65. The Kier molecular flexibility index (Phi) is 6.69. The van der Waals surface area contributed by atoms with E-state index >= 15 is 0 Å². The first-order valence-electron chi connectivity index (χ1n) is 22.6. The lowest BCUT2D eigenvalue weighted by Crippen LogP contribution is -2.73. The lowest BCUT2D eigenvalue weighted by atomic mass is 9.27. The Morgan fingerprint density at radius 1 is 0.474 bits per heavy atom. The summed E-state index contributed by atoms with van der Waals surface area (Å²) < 4.78 is 0. The average Bonchev–Trinajstić information content (AvgIpc) is 3.83. The SMILES string of the molecule is CC1(C)CCC(C)(C)c2cc(-c3ccc(N(c4ccc5c(c4)C(C)(C)CCC5(C)C)c4cccc5c4-c4ccccc4C54C5CC6CC7CC4C75C6)cc3)ccc21. The van der Waals surface area contributed by atoms with Gasteiger partial charge in [0.2, 0.25) is 0 Å². The Balaban J connectivity index is 1.04. The normalized spacial score (nSPS) is 31.6. The molecule has 6 unspecified atom stereocenters. The molecule has 1 heteroatoms. The number of fused-ring (bicyclic) bond motifs is 10. The molecule has 7 aliphatic carbocycles. The van der Waals surface area contributed by atoms with Crippen LogP contribution < -0.4 is 4.90 Å². The van der Waals surface area contributed by atoms with Crippen molar-refractivity contribution in [1.82, 2.24) is 0 Å². The van der Waals surface area contributed by atoms with Gasteiger partial charge in [0.05, 0.1) is 5.69 Å². The van der Waals surface area contributed by atoms with Gasteiger partial charge in [-0.25, -0.2) is 0 Å². The average molecular weight is 748 g/mol. The van der Waals surface area contributed by atoms with E-state index in [0.29, 0.717) is 5.41 Å². The van der Waals surface area contributed by atoms with Crippen LogP contribution in [0.1, 0.15) is 140 Å². The summed E-state index contributed by atoms with van der Waals surface area (Å²) in [5.74, 6) is 3.55. The number of nitrogens with zero attached hydrogens (tertiary/aromatic N) is 1. The van der Waals surface area contributed by atoms with Crippen molar-refractivity contribution >= 4 is 17.1 Å². The fourth-order valence-electron chi connectivity index (χ4n) is 15.3. The van der Waals surface area contributed by atoms with Gasteiger partial charge in [0.1, 0.15) is 0 Å². The summed E-state index contributed by atoms with van der Waals surface area (Å²) in [6.45, 7) is 19.6. The minimum atomic E-state index is 0.128. The van der Waals surface area contributed by atoms with E-state index in [1.54, 1.807) is 11.1 Å². The van der Waals surface area contributed by atoms with Crippen molar-refractivity contribution in [3.05, 3.63) is 137 Å². The summed E-state index contributed by atoms with van der Waals surface area (Å²) in [5, 5.41) is 0. The molecule has 2 bridgehead atoms. The van der Waals surface area contributed by atoms with Crippen molar-refractivity contribution < 1.29 is 0 Å². The van der Waals surface area contributed by atoms with Gasteiger partial charge in [-0.2, -0.15) is 0 Å². The van der Waals surface area contributed by atoms with Crippen molar-refractivity contribution in [2.24, 2.45) is 29.1 Å². The second-order valence-corrected chi connectivity index (χ2v) is 22.7. The van der Waals surface area contributed by atoms with E-state index in [1.807, 2.05) is 0 Å². The molecule has 2 spiro atoms. The van der Waals surface area contributed by atoms with Crippen LogP contribution >= 0.6 is 0 Å². The molecule has 4 saturated carbocycles. The van der Waals surface area contributed by atoms with E-state index in [2.05, 4.69) is 163 Å². The Bertz CT molecular complexity index is 2530. The minimum Gasteiger partial charge on any atom is -0.310 e. The molecule has 5 aromatic carbocycles. The van der Waals surface area contributed by atoms with Gasteiger partial charge in [-0.1, -0.05) is 128 Å². The number of anilines is 3. The largest absolute Gasteiger partial charge is 0.310 e. The van der Waals surface area contributed by atoms with E-state index < -0.39 is 0 Å². The first kappa shape index (κ1) is 34.9. The van der Waals surface area contributed by atoms with Crippen LogP contribution in [-0.4, -0.2) is 0 Å². The van der Waals surface area contributed by atoms with Gasteiger partial charge in [0.15, 0.2) is 0 Å². The molecule has 6 atom stereocenters. The van der Waals surface area contributed by atoms with E-state index in [1.165, 1.54) is 113 Å². The van der Waals surface area contributed by atoms with Gasteiger partial charge >= 0.3 is 0 Å². The van der Waals surface area contributed by atoms with Crippen LogP contribution in [0.3, 0.4) is 0 Å². The zero-order valence-electron chi connectivity index (χ0n) is 35.7. The summed E-state index contributed by atoms with van der Waals surface area (Å²) in [6.07, 6.45) is 10.8. The summed E-state index contributed by atoms with van der Waals surface area (Å²) in [4.78, 5) is 2.65. The molecule has 0 heterocycles. The number of hydrogen-bond acceptors (Lipinski definition) is 1. The Morgan fingerprint density at radius 3 is 1.75 bits per heavy atom. The maximum Gasteiger partial charge on any atom is 0.0543 e. The highest BCUT2D eigenvalue weighted by molar-refractivity contribution is 5.96. The molecule has 290 valence electrons. The van der Waals surface area contributed by atoms with Crippen LogP contribution in [0.25, 0.3) is 22.3 Å². The lowest BCUT2D eigenvalue weighted by Gasteiger charge is -2.76. The summed E-state index contributed by atoms with van der Waals surface area (Å²) in [6, 6.07) is 41.6. The van der Waals surface area contributed by atoms with Crippen LogP contribution in [-0.2, 0) is 27.1 Å². The molecule has 5 aromatic rings. The van der Waals surface area contributed by atoms with Gasteiger partial charge in [-0.05, 0) is 183 Å². The van der Waals surface area contributed by atoms with Crippen LogP contribution in [0.5, 0.6) is 0 Å². The van der Waals surface area contributed by atoms with Crippen molar-refractivity contribution in [2.45, 2.75) is 134 Å². The molecular formula is C56H61N. The molecule has 1 nitrogen and oxygen atoms in total. The standard InChI is InChI=1S/C56H61N/c1-51(2)24-26-53(5,6)45-30-36(18-22-42(45)51)35-16-19-38(20-17-35)57(39-21-23-43-46(32-39)54(7,8)27-25-52(43,3)4)47-15-11-14-44-50(47)40-12-9-10-13-41(40)56(44)48-29-34-28-37-31-49(56)55(37,48)33-34/h9-23,30,32,34,37,48-49H,24-29,31,33H2,1-8H3. The second kappa shape index (κ2) is 10.9. The maximum absolute atomic E-state index is 2.65. The van der Waals surface area contributed by atoms with E-state index in [4.69, 9.17) is 0 Å². The molecule has 12 rings (SSSR count). The summed E-state index contributed by atoms with van der Waals surface area (Å²) in [7, 11) is 0. The van der Waals surface area contributed by atoms with Gasteiger partial charge < -0.3 is 4.90 Å². The lowest BCUT2D eigenvalue weighted by molar-refractivity contribution is -0.231. The summed E-state index contributed by atoms with van der Waals surface area (Å²) >= 11 is 0. The number of benzene rings is 5. The van der Waals surface area contributed by atoms with Crippen molar-refractivity contribution in [2.75, 3.05) is 4.90 Å². The fourth-order valence-corrected chi connectivity index (χ4v) is 15.3. The monoisotopic (exact) mass is 747 g/mol. The van der Waals surface area contributed by atoms with Crippen molar-refractivity contribution in [1.29, 1.82) is 0 Å². The summed E-state index contributed by atoms with van der Waals surface area (Å²) in [5.41, 5.74) is 20.4. The molecule has 0 saturated heterocycles. The smallest absolute Gasteiger partial charge is 0.0543 e. The molecule has 0 aromatic heterocycles. The second-order valence-electron chi connectivity index (χ2n) is 22.7. The topological polar surface area (TPSA) is 3.24 Å². The molecule has 0 N–H and O–H groups in total. The minimum absolute atomic E-state index is 0.128. The number of hydrogen-bond donors (Lipinski definition) is 0. The third-order valence-electron chi connectivity index (χ3n) is 18.3. The van der Waals surface area contributed by atoms with Crippen LogP contribution in [0.15, 0.2) is 103 Å². The Hall–Kier alpha value is -4.10. The van der Waals surface area contributed by atoms with Crippen molar-refractivity contribution in [3.63, 3.8) is 0 Å². The fraction of sp³-hybridized carbons (Fsp3) is 0.464. The highest BCUT2D eigenvalue weighted by atomic mass is 15.1. The zero-order chi connectivity index (χ0) is 39.1. The van der Waals surface area contributed by atoms with Gasteiger partial charge in [0, 0.05) is 22.4 Å². The predicted octanol–water partition coefficient (Wildman–Crippen LogP) is 14.9. The van der Waals surface area contributed by atoms with Crippen LogP contribution in [0, 0.1) is 29.1 Å². The van der Waals surface area contributed by atoms with Gasteiger partial charge in [-0.3, -0.25) is 0 Å². The zero-order valence-corrected chi connectivity index (χ0v) is 35.7. The molecular weight excluding hydrogens is 687 g/mol. The molecule has 0 amide bonds. The molecule has 7 aliphatic rings.